The van der Waals surface area contributed by atoms with Crippen molar-refractivity contribution in [3.8, 4) is 0 Å². The molecular weight excluding hydrogens is 380 g/mol. The van der Waals surface area contributed by atoms with Crippen molar-refractivity contribution in [2.75, 3.05) is 13.1 Å². The van der Waals surface area contributed by atoms with Crippen LogP contribution in [0.1, 0.15) is 24.0 Å². The minimum absolute atomic E-state index is 0.0363. The summed E-state index contributed by atoms with van der Waals surface area (Å²) in [6.07, 6.45) is 0.591. The maximum atomic E-state index is 12.4. The van der Waals surface area contributed by atoms with Gasteiger partial charge in [0, 0.05) is 39.0 Å². The Hall–Kier alpha value is -3.35. The fourth-order valence-electron chi connectivity index (χ4n) is 4.06. The molecule has 156 valence electrons. The zero-order chi connectivity index (χ0) is 20.9. The van der Waals surface area contributed by atoms with Gasteiger partial charge in [0.15, 0.2) is 0 Å². The van der Waals surface area contributed by atoms with E-state index in [2.05, 4.69) is 10.6 Å². The van der Waals surface area contributed by atoms with E-state index in [1.165, 1.54) is 0 Å². The molecule has 2 aromatic rings. The Kier molecular flexibility index (Phi) is 5.97. The van der Waals surface area contributed by atoms with Crippen molar-refractivity contribution in [3.63, 3.8) is 0 Å². The van der Waals surface area contributed by atoms with Crippen molar-refractivity contribution >= 4 is 17.8 Å². The average Bonchev–Trinajstić information content (AvgIpc) is 3.24. The maximum absolute atomic E-state index is 12.4. The molecule has 7 heteroatoms. The molecule has 2 N–H and O–H groups in total. The number of carbonyl (C=O) groups excluding carboxylic acids is 3. The van der Waals surface area contributed by atoms with Crippen molar-refractivity contribution in [1.82, 2.24) is 20.4 Å². The van der Waals surface area contributed by atoms with Crippen molar-refractivity contribution in [2.45, 2.75) is 38.0 Å². The van der Waals surface area contributed by atoms with Gasteiger partial charge in [-0.2, -0.15) is 0 Å². The molecule has 2 aromatic carbocycles. The fraction of sp³-hybridized carbons (Fsp3) is 0.348. The Morgan fingerprint density at radius 1 is 0.733 bits per heavy atom. The molecule has 0 bridgehead atoms. The molecule has 0 radical (unpaired) electrons. The third-order valence-corrected chi connectivity index (χ3v) is 5.53. The molecule has 0 saturated carbocycles. The number of urea groups is 1. The van der Waals surface area contributed by atoms with Gasteiger partial charge in [-0.25, -0.2) is 4.79 Å². The minimum atomic E-state index is -0.325. The van der Waals surface area contributed by atoms with Gasteiger partial charge in [-0.3, -0.25) is 9.59 Å². The summed E-state index contributed by atoms with van der Waals surface area (Å²) in [5, 5.41) is 5.78. The number of amides is 4. The van der Waals surface area contributed by atoms with Crippen LogP contribution in [0.3, 0.4) is 0 Å². The number of likely N-dealkylation sites (tertiary alicyclic amines) is 2. The topological polar surface area (TPSA) is 81.8 Å². The van der Waals surface area contributed by atoms with Crippen LogP contribution in [0.15, 0.2) is 60.7 Å². The Morgan fingerprint density at radius 3 is 1.53 bits per heavy atom. The van der Waals surface area contributed by atoms with Gasteiger partial charge in [-0.05, 0) is 11.1 Å². The van der Waals surface area contributed by atoms with E-state index in [0.29, 0.717) is 39.0 Å². The Labute approximate surface area is 176 Å². The molecule has 0 spiro atoms. The number of nitrogens with zero attached hydrogens (tertiary/aromatic N) is 2. The van der Waals surface area contributed by atoms with E-state index < -0.39 is 0 Å². The molecule has 0 aliphatic carbocycles. The van der Waals surface area contributed by atoms with Gasteiger partial charge < -0.3 is 20.4 Å². The molecule has 2 aliphatic rings. The van der Waals surface area contributed by atoms with E-state index in [-0.39, 0.29) is 29.9 Å². The van der Waals surface area contributed by atoms with Crippen molar-refractivity contribution in [3.05, 3.63) is 71.8 Å². The van der Waals surface area contributed by atoms with Crippen molar-refractivity contribution in [2.24, 2.45) is 0 Å². The standard InChI is InChI=1S/C23H26N4O3/c28-21-11-19(15-26(21)13-17-7-3-1-4-8-17)24-23(30)25-20-12-22(29)27(16-20)14-18-9-5-2-6-10-18/h1-10,19-20H,11-16H2,(H2,24,25,30). The molecule has 0 aromatic heterocycles. The monoisotopic (exact) mass is 406 g/mol. The van der Waals surface area contributed by atoms with E-state index in [9.17, 15) is 14.4 Å². The van der Waals surface area contributed by atoms with E-state index in [1.54, 1.807) is 9.80 Å². The maximum Gasteiger partial charge on any atom is 0.315 e. The van der Waals surface area contributed by atoms with Crippen LogP contribution in [0.5, 0.6) is 0 Å². The summed E-state index contributed by atoms with van der Waals surface area (Å²) in [5.74, 6) is 0.0727. The lowest BCUT2D eigenvalue weighted by atomic mass is 10.2. The van der Waals surface area contributed by atoms with Gasteiger partial charge in [0.25, 0.3) is 0 Å². The second kappa shape index (κ2) is 8.98. The fourth-order valence-corrected chi connectivity index (χ4v) is 4.06. The summed E-state index contributed by atoms with van der Waals surface area (Å²) in [4.78, 5) is 40.5. The summed E-state index contributed by atoms with van der Waals surface area (Å²) in [6, 6.07) is 18.8. The highest BCUT2D eigenvalue weighted by Crippen LogP contribution is 2.17. The number of hydrogen-bond donors (Lipinski definition) is 2. The second-order valence-electron chi connectivity index (χ2n) is 7.94. The number of carbonyl (C=O) groups is 3. The molecular formula is C23H26N4O3. The molecule has 2 aliphatic heterocycles. The molecule has 2 heterocycles. The summed E-state index contributed by atoms with van der Waals surface area (Å²) >= 11 is 0. The number of hydrogen-bond acceptors (Lipinski definition) is 3. The van der Waals surface area contributed by atoms with Gasteiger partial charge in [-0.1, -0.05) is 60.7 Å². The first-order valence-corrected chi connectivity index (χ1v) is 10.3. The quantitative estimate of drug-likeness (QED) is 0.769. The first kappa shape index (κ1) is 19.9. The van der Waals surface area contributed by atoms with E-state index in [1.807, 2.05) is 60.7 Å². The smallest absolute Gasteiger partial charge is 0.315 e. The lowest BCUT2D eigenvalue weighted by Crippen LogP contribution is -2.47. The van der Waals surface area contributed by atoms with Gasteiger partial charge in [-0.15, -0.1) is 0 Å². The Balaban J connectivity index is 1.24. The molecule has 2 fully saturated rings. The van der Waals surface area contributed by atoms with Gasteiger partial charge >= 0.3 is 6.03 Å². The first-order chi connectivity index (χ1) is 14.6. The van der Waals surface area contributed by atoms with Crippen LogP contribution in [-0.2, 0) is 22.7 Å². The Morgan fingerprint density at radius 2 is 1.13 bits per heavy atom. The van der Waals surface area contributed by atoms with E-state index in [4.69, 9.17) is 0 Å². The molecule has 4 rings (SSSR count). The van der Waals surface area contributed by atoms with Crippen molar-refractivity contribution in [1.29, 1.82) is 0 Å². The second-order valence-corrected chi connectivity index (χ2v) is 7.94. The molecule has 30 heavy (non-hydrogen) atoms. The van der Waals surface area contributed by atoms with Crippen LogP contribution < -0.4 is 10.6 Å². The highest BCUT2D eigenvalue weighted by molar-refractivity contribution is 5.83. The van der Waals surface area contributed by atoms with Crippen LogP contribution in [0, 0.1) is 0 Å². The van der Waals surface area contributed by atoms with Crippen LogP contribution in [0.4, 0.5) is 4.79 Å². The van der Waals surface area contributed by atoms with E-state index >= 15 is 0 Å². The van der Waals surface area contributed by atoms with E-state index in [0.717, 1.165) is 11.1 Å². The lowest BCUT2D eigenvalue weighted by molar-refractivity contribution is -0.129. The molecule has 2 unspecified atom stereocenters. The SMILES string of the molecule is O=C(NC1CC(=O)N(Cc2ccccc2)C1)NC1CC(=O)N(Cc2ccccc2)C1. The van der Waals surface area contributed by atoms with Crippen LogP contribution in [0.25, 0.3) is 0 Å². The summed E-state index contributed by atoms with van der Waals surface area (Å²) < 4.78 is 0. The van der Waals surface area contributed by atoms with Gasteiger partial charge in [0.2, 0.25) is 11.8 Å². The molecule has 2 saturated heterocycles. The molecule has 4 amide bonds. The minimum Gasteiger partial charge on any atom is -0.336 e. The Bertz CT molecular complexity index is 830. The predicted octanol–water partition coefficient (Wildman–Crippen LogP) is 1.89. The van der Waals surface area contributed by atoms with Gasteiger partial charge in [0.1, 0.15) is 0 Å². The van der Waals surface area contributed by atoms with Gasteiger partial charge in [0.05, 0.1) is 12.1 Å². The summed E-state index contributed by atoms with van der Waals surface area (Å²) in [7, 11) is 0. The normalized spacial score (nSPS) is 21.2. The zero-order valence-corrected chi connectivity index (χ0v) is 16.8. The average molecular weight is 406 g/mol. The molecule has 7 nitrogen and oxygen atoms in total. The number of nitrogens with one attached hydrogen (secondary N) is 2. The number of benzene rings is 2. The molecule has 2 atom stereocenters. The largest absolute Gasteiger partial charge is 0.336 e. The number of rotatable bonds is 6. The summed E-state index contributed by atoms with van der Waals surface area (Å²) in [5.41, 5.74) is 2.14. The summed E-state index contributed by atoms with van der Waals surface area (Å²) in [6.45, 7) is 2.08. The highest BCUT2D eigenvalue weighted by atomic mass is 16.2. The first-order valence-electron chi connectivity index (χ1n) is 10.3. The lowest BCUT2D eigenvalue weighted by Gasteiger charge is -2.19. The van der Waals surface area contributed by atoms with Crippen molar-refractivity contribution < 1.29 is 14.4 Å². The van der Waals surface area contributed by atoms with Crippen LogP contribution >= 0.6 is 0 Å². The highest BCUT2D eigenvalue weighted by Gasteiger charge is 2.33. The van der Waals surface area contributed by atoms with Crippen LogP contribution in [0.2, 0.25) is 0 Å². The third kappa shape index (κ3) is 4.97. The third-order valence-electron chi connectivity index (χ3n) is 5.53. The predicted molar refractivity (Wildman–Crippen MR) is 112 cm³/mol. The van der Waals surface area contributed by atoms with Crippen LogP contribution in [-0.4, -0.2) is 52.8 Å². The zero-order valence-electron chi connectivity index (χ0n) is 16.8.